The average molecular weight is 579 g/mol. The second-order valence-electron chi connectivity index (χ2n) is 10.2. The number of carbonyl (C=O) groups is 2. The Hall–Kier alpha value is -5.11. The number of amides is 1. The van der Waals surface area contributed by atoms with Gasteiger partial charge in [0.05, 0.1) is 25.3 Å². The number of rotatable bonds is 12. The Morgan fingerprint density at radius 3 is 2.47 bits per heavy atom. The number of unbranched alkanes of at least 4 members (excludes halogenated alkanes) is 1. The highest BCUT2D eigenvalue weighted by Crippen LogP contribution is 2.43. The molecular formula is C35H34N2O6. The Kier molecular flexibility index (Phi) is 9.36. The molecule has 0 saturated carbocycles. The summed E-state index contributed by atoms with van der Waals surface area (Å²) in [4.78, 5) is 32.7. The molecule has 1 aliphatic heterocycles. The summed E-state index contributed by atoms with van der Waals surface area (Å²) in [5.41, 5.74) is 2.70. The molecule has 1 unspecified atom stereocenters. The molecule has 43 heavy (non-hydrogen) atoms. The van der Waals surface area contributed by atoms with Crippen molar-refractivity contribution in [2.24, 2.45) is 0 Å². The Bertz CT molecular complexity index is 1600. The Labute approximate surface area is 251 Å². The predicted octanol–water partition coefficient (Wildman–Crippen LogP) is 6.47. The molecule has 1 N–H and O–H groups in total. The smallest absolute Gasteiger partial charge is 0.295 e. The number of likely N-dealkylation sites (tertiary alicyclic amines) is 1. The molecule has 2 heterocycles. The number of aliphatic hydroxyl groups excluding tert-OH is 1. The minimum Gasteiger partial charge on any atom is -0.507 e. The molecule has 4 aromatic rings. The van der Waals surface area contributed by atoms with E-state index in [1.165, 1.54) is 12.0 Å². The van der Waals surface area contributed by atoms with Gasteiger partial charge in [-0.15, -0.1) is 0 Å². The van der Waals surface area contributed by atoms with Crippen molar-refractivity contribution in [2.75, 3.05) is 13.7 Å². The van der Waals surface area contributed by atoms with E-state index in [2.05, 4.69) is 11.9 Å². The number of hydrogen-bond donors (Lipinski definition) is 1. The van der Waals surface area contributed by atoms with Crippen LogP contribution in [0.15, 0.2) is 103 Å². The summed E-state index contributed by atoms with van der Waals surface area (Å²) in [6.07, 6.45) is 5.17. The highest BCUT2D eigenvalue weighted by atomic mass is 16.5. The molecule has 0 aliphatic carbocycles. The van der Waals surface area contributed by atoms with Crippen molar-refractivity contribution in [1.82, 2.24) is 9.88 Å². The standard InChI is InChI=1S/C35H34N2O6/c1-3-4-18-42-28-14-8-13-27(19-28)33(38)31-32(37(35(40)34(31)39)22-25-12-9-17-36-21-25)26-15-16-29(30(20-26)41-2)43-23-24-10-6-5-7-11-24/h5-17,19-21,32,38H,3-4,18,22-23H2,1-2H3/b33-31+. The first-order valence-electron chi connectivity index (χ1n) is 14.2. The molecule has 5 rings (SSSR count). The van der Waals surface area contributed by atoms with Gasteiger partial charge < -0.3 is 24.2 Å². The quantitative estimate of drug-likeness (QED) is 0.0890. The predicted molar refractivity (Wildman–Crippen MR) is 163 cm³/mol. The third-order valence-electron chi connectivity index (χ3n) is 7.23. The van der Waals surface area contributed by atoms with Crippen LogP contribution in [0.1, 0.15) is 48.1 Å². The molecule has 3 aromatic carbocycles. The molecule has 0 bridgehead atoms. The van der Waals surface area contributed by atoms with E-state index < -0.39 is 17.7 Å². The van der Waals surface area contributed by atoms with Crippen LogP contribution in [0.2, 0.25) is 0 Å². The van der Waals surface area contributed by atoms with Crippen molar-refractivity contribution in [1.29, 1.82) is 0 Å². The maximum atomic E-state index is 13.6. The number of nitrogens with zero attached hydrogens (tertiary/aromatic N) is 2. The van der Waals surface area contributed by atoms with E-state index in [9.17, 15) is 14.7 Å². The lowest BCUT2D eigenvalue weighted by molar-refractivity contribution is -0.140. The van der Waals surface area contributed by atoms with Crippen LogP contribution in [0, 0.1) is 0 Å². The highest BCUT2D eigenvalue weighted by molar-refractivity contribution is 6.46. The largest absolute Gasteiger partial charge is 0.507 e. The van der Waals surface area contributed by atoms with Gasteiger partial charge in [0.1, 0.15) is 18.1 Å². The van der Waals surface area contributed by atoms with E-state index in [0.29, 0.717) is 41.6 Å². The van der Waals surface area contributed by atoms with Gasteiger partial charge in [-0.25, -0.2) is 0 Å². The Balaban J connectivity index is 1.55. The molecular weight excluding hydrogens is 544 g/mol. The average Bonchev–Trinajstić information content (AvgIpc) is 3.29. The normalized spacial score (nSPS) is 15.9. The molecule has 0 spiro atoms. The SMILES string of the molecule is CCCCOc1cccc(/C(O)=C2\C(=O)C(=O)N(Cc3cccnc3)C2c2ccc(OCc3ccccc3)c(OC)c2)c1. The van der Waals surface area contributed by atoms with E-state index in [4.69, 9.17) is 14.2 Å². The summed E-state index contributed by atoms with van der Waals surface area (Å²) in [5, 5.41) is 11.6. The maximum Gasteiger partial charge on any atom is 0.295 e. The van der Waals surface area contributed by atoms with E-state index in [-0.39, 0.29) is 17.9 Å². The van der Waals surface area contributed by atoms with Crippen molar-refractivity contribution in [3.63, 3.8) is 0 Å². The second-order valence-corrected chi connectivity index (χ2v) is 10.2. The zero-order valence-corrected chi connectivity index (χ0v) is 24.2. The van der Waals surface area contributed by atoms with Crippen molar-refractivity contribution in [3.05, 3.63) is 125 Å². The number of carbonyl (C=O) groups excluding carboxylic acids is 2. The number of aliphatic hydroxyl groups is 1. The van der Waals surface area contributed by atoms with Crippen LogP contribution < -0.4 is 14.2 Å². The van der Waals surface area contributed by atoms with Crippen LogP contribution in [0.25, 0.3) is 5.76 Å². The van der Waals surface area contributed by atoms with Gasteiger partial charge in [-0.05, 0) is 53.4 Å². The number of ketones is 1. The summed E-state index contributed by atoms with van der Waals surface area (Å²) < 4.78 is 17.5. The zero-order chi connectivity index (χ0) is 30.2. The molecule has 1 atom stereocenters. The van der Waals surface area contributed by atoms with Gasteiger partial charge in [0.2, 0.25) is 0 Å². The minimum absolute atomic E-state index is 0.0143. The van der Waals surface area contributed by atoms with Crippen molar-refractivity contribution < 1.29 is 28.9 Å². The number of Topliss-reactive ketones (excluding diaryl/α,β-unsaturated/α-hetero) is 1. The minimum atomic E-state index is -0.887. The number of hydrogen-bond acceptors (Lipinski definition) is 7. The van der Waals surface area contributed by atoms with Crippen molar-refractivity contribution in [3.8, 4) is 17.2 Å². The lowest BCUT2D eigenvalue weighted by atomic mass is 9.94. The van der Waals surface area contributed by atoms with Gasteiger partial charge >= 0.3 is 0 Å². The number of aromatic nitrogens is 1. The maximum absolute atomic E-state index is 13.6. The van der Waals surface area contributed by atoms with Crippen LogP contribution >= 0.6 is 0 Å². The fourth-order valence-corrected chi connectivity index (χ4v) is 5.01. The van der Waals surface area contributed by atoms with Gasteiger partial charge in [0, 0.05) is 24.5 Å². The van der Waals surface area contributed by atoms with E-state index in [1.807, 2.05) is 36.4 Å². The van der Waals surface area contributed by atoms with Gasteiger partial charge in [0.25, 0.3) is 11.7 Å². The van der Waals surface area contributed by atoms with Gasteiger partial charge in [0.15, 0.2) is 11.5 Å². The lowest BCUT2D eigenvalue weighted by Crippen LogP contribution is -2.29. The topological polar surface area (TPSA) is 98.2 Å². The van der Waals surface area contributed by atoms with Gasteiger partial charge in [-0.1, -0.05) is 67.9 Å². The third-order valence-corrected chi connectivity index (χ3v) is 7.23. The van der Waals surface area contributed by atoms with Gasteiger partial charge in [-0.3, -0.25) is 14.6 Å². The summed E-state index contributed by atoms with van der Waals surface area (Å²) in [6.45, 7) is 3.07. The molecule has 1 amide bonds. The van der Waals surface area contributed by atoms with Crippen molar-refractivity contribution in [2.45, 2.75) is 39.0 Å². The summed E-state index contributed by atoms with van der Waals surface area (Å²) in [5.74, 6) is -0.245. The first-order valence-corrected chi connectivity index (χ1v) is 14.2. The summed E-state index contributed by atoms with van der Waals surface area (Å²) in [6, 6.07) is 24.7. The van der Waals surface area contributed by atoms with Crippen LogP contribution in [0.3, 0.4) is 0 Å². The third kappa shape index (κ3) is 6.70. The number of methoxy groups -OCH3 is 1. The fraction of sp³-hybridized carbons (Fsp3) is 0.229. The van der Waals surface area contributed by atoms with Crippen LogP contribution in [-0.2, 0) is 22.7 Å². The molecule has 1 fully saturated rings. The first-order chi connectivity index (χ1) is 21.0. The number of ether oxygens (including phenoxy) is 3. The second kappa shape index (κ2) is 13.7. The van der Waals surface area contributed by atoms with Crippen molar-refractivity contribution >= 4 is 17.4 Å². The zero-order valence-electron chi connectivity index (χ0n) is 24.2. The molecule has 0 radical (unpaired) electrons. The Morgan fingerprint density at radius 1 is 0.907 bits per heavy atom. The molecule has 220 valence electrons. The lowest BCUT2D eigenvalue weighted by Gasteiger charge is -2.26. The number of pyridine rings is 1. The molecule has 8 heteroatoms. The van der Waals surface area contributed by atoms with E-state index in [1.54, 1.807) is 60.9 Å². The molecule has 1 aromatic heterocycles. The van der Waals surface area contributed by atoms with Crippen LogP contribution in [0.4, 0.5) is 0 Å². The van der Waals surface area contributed by atoms with Crippen LogP contribution in [0.5, 0.6) is 17.2 Å². The highest BCUT2D eigenvalue weighted by Gasteiger charge is 2.46. The Morgan fingerprint density at radius 2 is 1.72 bits per heavy atom. The summed E-state index contributed by atoms with van der Waals surface area (Å²) >= 11 is 0. The molecule has 8 nitrogen and oxygen atoms in total. The van der Waals surface area contributed by atoms with E-state index in [0.717, 1.165) is 24.0 Å². The fourth-order valence-electron chi connectivity index (χ4n) is 5.01. The van der Waals surface area contributed by atoms with Gasteiger partial charge in [-0.2, -0.15) is 0 Å². The monoisotopic (exact) mass is 578 g/mol. The first kappa shape index (κ1) is 29.4. The molecule has 1 saturated heterocycles. The van der Waals surface area contributed by atoms with Crippen LogP contribution in [-0.4, -0.2) is 40.4 Å². The molecule has 1 aliphatic rings. The number of benzene rings is 3. The summed E-state index contributed by atoms with van der Waals surface area (Å²) in [7, 11) is 1.53. The van der Waals surface area contributed by atoms with E-state index >= 15 is 0 Å².